The summed E-state index contributed by atoms with van der Waals surface area (Å²) in [5, 5.41) is 0. The van der Waals surface area contributed by atoms with E-state index < -0.39 is 10.0 Å². The molecular weight excluding hydrogens is 466 g/mol. The molecule has 2 aliphatic heterocycles. The lowest BCUT2D eigenvalue weighted by Gasteiger charge is -2.34. The first-order valence-corrected chi connectivity index (χ1v) is 14.4. The van der Waals surface area contributed by atoms with Crippen LogP contribution < -0.4 is 4.74 Å². The van der Waals surface area contributed by atoms with Gasteiger partial charge in [-0.1, -0.05) is 6.42 Å². The van der Waals surface area contributed by atoms with Crippen molar-refractivity contribution in [3.05, 3.63) is 23.3 Å². The van der Waals surface area contributed by atoms with Crippen molar-refractivity contribution in [3.8, 4) is 5.75 Å². The van der Waals surface area contributed by atoms with Crippen LogP contribution in [-0.4, -0.2) is 95.1 Å². The van der Waals surface area contributed by atoms with Crippen molar-refractivity contribution in [2.75, 3.05) is 66.6 Å². The Hall–Kier alpha value is -1.68. The highest BCUT2D eigenvalue weighted by Gasteiger charge is 2.26. The normalized spacial score (nSPS) is 18.3. The molecule has 8 nitrogen and oxygen atoms in total. The molecule has 1 aromatic carbocycles. The lowest BCUT2D eigenvalue weighted by atomic mass is 9.93. The topological polar surface area (TPSA) is 79.4 Å². The fraction of sp³-hybridized carbons (Fsp3) is 0.731. The first-order chi connectivity index (χ1) is 16.7. The molecule has 0 aliphatic carbocycles. The molecule has 0 atom stereocenters. The average molecular weight is 510 g/mol. The van der Waals surface area contributed by atoms with E-state index in [0.717, 1.165) is 25.9 Å². The SMILES string of the molecule is COc1cc(C)c(S(=O)(=O)N(C)CCOCC(=O)N2CCC(CCN3CCCCC3)CC2)c(C)c1. The number of likely N-dealkylation sites (N-methyl/N-ethyl adjacent to an activating group) is 1. The molecule has 35 heavy (non-hydrogen) atoms. The smallest absolute Gasteiger partial charge is 0.248 e. The molecule has 1 aromatic rings. The highest BCUT2D eigenvalue weighted by atomic mass is 32.2. The molecule has 0 radical (unpaired) electrons. The number of ether oxygens (including phenoxy) is 2. The van der Waals surface area contributed by atoms with E-state index in [2.05, 4.69) is 4.90 Å². The predicted octanol–water partition coefficient (Wildman–Crippen LogP) is 3.06. The van der Waals surface area contributed by atoms with Gasteiger partial charge in [-0.15, -0.1) is 0 Å². The van der Waals surface area contributed by atoms with Crippen LogP contribution in [0.5, 0.6) is 5.75 Å². The average Bonchev–Trinajstić information content (AvgIpc) is 2.85. The fourth-order valence-electron chi connectivity index (χ4n) is 5.17. The summed E-state index contributed by atoms with van der Waals surface area (Å²) in [4.78, 5) is 17.3. The van der Waals surface area contributed by atoms with Crippen LogP contribution in [0.1, 0.15) is 49.7 Å². The number of piperidine rings is 2. The Kier molecular flexibility index (Phi) is 10.4. The molecular formula is C26H43N3O5S. The highest BCUT2D eigenvalue weighted by molar-refractivity contribution is 7.89. The van der Waals surface area contributed by atoms with Crippen molar-refractivity contribution in [2.24, 2.45) is 5.92 Å². The third-order valence-electron chi connectivity index (χ3n) is 7.38. The van der Waals surface area contributed by atoms with Gasteiger partial charge in [0.1, 0.15) is 12.4 Å². The van der Waals surface area contributed by atoms with Crippen LogP contribution in [0, 0.1) is 19.8 Å². The Morgan fingerprint density at radius 1 is 1.06 bits per heavy atom. The van der Waals surface area contributed by atoms with E-state index in [1.54, 1.807) is 33.1 Å². The van der Waals surface area contributed by atoms with Crippen molar-refractivity contribution in [1.29, 1.82) is 0 Å². The van der Waals surface area contributed by atoms with Gasteiger partial charge in [-0.25, -0.2) is 8.42 Å². The van der Waals surface area contributed by atoms with Gasteiger partial charge in [0.15, 0.2) is 0 Å². The number of rotatable bonds is 11. The number of hydrogen-bond donors (Lipinski definition) is 0. The number of methoxy groups -OCH3 is 1. The van der Waals surface area contributed by atoms with E-state index in [4.69, 9.17) is 9.47 Å². The summed E-state index contributed by atoms with van der Waals surface area (Å²) >= 11 is 0. The molecule has 0 spiro atoms. The van der Waals surface area contributed by atoms with Gasteiger partial charge in [0, 0.05) is 26.7 Å². The van der Waals surface area contributed by atoms with E-state index >= 15 is 0 Å². The van der Waals surface area contributed by atoms with Gasteiger partial charge in [-0.3, -0.25) is 4.79 Å². The third kappa shape index (κ3) is 7.65. The lowest BCUT2D eigenvalue weighted by molar-refractivity contribution is -0.137. The largest absolute Gasteiger partial charge is 0.497 e. The van der Waals surface area contributed by atoms with E-state index in [1.807, 2.05) is 4.90 Å². The summed E-state index contributed by atoms with van der Waals surface area (Å²) in [5.41, 5.74) is 1.29. The van der Waals surface area contributed by atoms with Crippen LogP contribution >= 0.6 is 0 Å². The number of aryl methyl sites for hydroxylation is 2. The van der Waals surface area contributed by atoms with Crippen LogP contribution in [0.25, 0.3) is 0 Å². The Balaban J connectivity index is 1.37. The lowest BCUT2D eigenvalue weighted by Crippen LogP contribution is -2.41. The molecule has 2 aliphatic rings. The van der Waals surface area contributed by atoms with Crippen molar-refractivity contribution in [2.45, 2.75) is 57.3 Å². The minimum Gasteiger partial charge on any atom is -0.497 e. The number of carbonyl (C=O) groups excluding carboxylic acids is 1. The molecule has 0 unspecified atom stereocenters. The Labute approximate surface area is 211 Å². The summed E-state index contributed by atoms with van der Waals surface area (Å²) in [6, 6.07) is 3.44. The third-order valence-corrected chi connectivity index (χ3v) is 9.55. The van der Waals surface area contributed by atoms with Gasteiger partial charge in [0.25, 0.3) is 0 Å². The number of sulfonamides is 1. The van der Waals surface area contributed by atoms with E-state index in [0.29, 0.717) is 27.7 Å². The zero-order valence-electron chi connectivity index (χ0n) is 21.9. The van der Waals surface area contributed by atoms with Gasteiger partial charge < -0.3 is 19.3 Å². The Morgan fingerprint density at radius 2 is 1.69 bits per heavy atom. The molecule has 0 aromatic heterocycles. The number of hydrogen-bond acceptors (Lipinski definition) is 6. The summed E-state index contributed by atoms with van der Waals surface area (Å²) in [6.07, 6.45) is 7.37. The molecule has 0 bridgehead atoms. The molecule has 198 valence electrons. The second-order valence-corrected chi connectivity index (χ2v) is 12.0. The zero-order chi connectivity index (χ0) is 25.4. The number of benzene rings is 1. The van der Waals surface area contributed by atoms with Gasteiger partial charge in [-0.05, 0) is 94.8 Å². The summed E-state index contributed by atoms with van der Waals surface area (Å²) in [6.45, 7) is 9.12. The molecule has 3 rings (SSSR count). The van der Waals surface area contributed by atoms with Gasteiger partial charge in [-0.2, -0.15) is 4.31 Å². The molecule has 2 fully saturated rings. The van der Waals surface area contributed by atoms with Crippen LogP contribution in [0.3, 0.4) is 0 Å². The van der Waals surface area contributed by atoms with Gasteiger partial charge in [0.05, 0.1) is 18.6 Å². The summed E-state index contributed by atoms with van der Waals surface area (Å²) in [7, 11) is -0.566. The van der Waals surface area contributed by atoms with E-state index in [-0.39, 0.29) is 25.7 Å². The molecule has 0 N–H and O–H groups in total. The zero-order valence-corrected chi connectivity index (χ0v) is 22.7. The van der Waals surface area contributed by atoms with Crippen molar-refractivity contribution >= 4 is 15.9 Å². The maximum absolute atomic E-state index is 13.1. The second-order valence-electron chi connectivity index (χ2n) is 9.98. The predicted molar refractivity (Wildman–Crippen MR) is 137 cm³/mol. The maximum Gasteiger partial charge on any atom is 0.248 e. The number of likely N-dealkylation sites (tertiary alicyclic amines) is 2. The van der Waals surface area contributed by atoms with Crippen molar-refractivity contribution in [1.82, 2.24) is 14.1 Å². The number of nitrogens with zero attached hydrogens (tertiary/aromatic N) is 3. The minimum atomic E-state index is -3.67. The Bertz CT molecular complexity index is 915. The summed E-state index contributed by atoms with van der Waals surface area (Å²) in [5.74, 6) is 1.33. The number of carbonyl (C=O) groups is 1. The van der Waals surface area contributed by atoms with E-state index in [1.165, 1.54) is 56.7 Å². The molecule has 0 saturated carbocycles. The Morgan fingerprint density at radius 3 is 2.29 bits per heavy atom. The van der Waals surface area contributed by atoms with Crippen molar-refractivity contribution in [3.63, 3.8) is 0 Å². The fourth-order valence-corrected chi connectivity index (χ4v) is 6.73. The quantitative estimate of drug-likeness (QED) is 0.427. The van der Waals surface area contributed by atoms with Crippen LogP contribution in [0.4, 0.5) is 0 Å². The highest BCUT2D eigenvalue weighted by Crippen LogP contribution is 2.27. The molecule has 1 amide bonds. The van der Waals surface area contributed by atoms with Crippen molar-refractivity contribution < 1.29 is 22.7 Å². The van der Waals surface area contributed by atoms with Gasteiger partial charge >= 0.3 is 0 Å². The second kappa shape index (κ2) is 13.0. The standard InChI is InChI=1S/C26H43N3O5S/c1-21-18-24(33-4)19-22(2)26(21)35(31,32)27(3)16-17-34-20-25(30)29-14-9-23(10-15-29)8-13-28-11-6-5-7-12-28/h18-19,23H,5-17,20H2,1-4H3. The van der Waals surface area contributed by atoms with Gasteiger partial charge in [0.2, 0.25) is 15.9 Å². The first-order valence-electron chi connectivity index (χ1n) is 12.9. The monoisotopic (exact) mass is 509 g/mol. The first kappa shape index (κ1) is 27.9. The van der Waals surface area contributed by atoms with Crippen LogP contribution in [0.15, 0.2) is 17.0 Å². The molecule has 9 heteroatoms. The van der Waals surface area contributed by atoms with E-state index in [9.17, 15) is 13.2 Å². The van der Waals surface area contributed by atoms with Crippen LogP contribution in [-0.2, 0) is 19.6 Å². The number of amides is 1. The van der Waals surface area contributed by atoms with Crippen LogP contribution in [0.2, 0.25) is 0 Å². The molecule has 2 saturated heterocycles. The minimum absolute atomic E-state index is 0.00702. The summed E-state index contributed by atoms with van der Waals surface area (Å²) < 4.78 is 38.3. The maximum atomic E-state index is 13.1. The molecule has 2 heterocycles.